The van der Waals surface area contributed by atoms with Crippen molar-refractivity contribution in [1.82, 2.24) is 15.1 Å². The van der Waals surface area contributed by atoms with Crippen LogP contribution >= 0.6 is 0 Å². The van der Waals surface area contributed by atoms with Crippen molar-refractivity contribution in [3.05, 3.63) is 88.1 Å². The maximum absolute atomic E-state index is 14.0. The lowest BCUT2D eigenvalue weighted by atomic mass is 10.2. The van der Waals surface area contributed by atoms with Gasteiger partial charge in [-0.2, -0.15) is 5.10 Å². The SMILES string of the molecule is Cc1cc(=O)c(C(=O)NCCOc2ccccc2)nn1-c1ccccc1F. The standard InChI is InChI=1S/C20H18FN3O3/c1-14-13-18(25)19(23-24(14)17-10-6-5-9-16(17)21)20(26)22-11-12-27-15-7-3-2-4-8-15/h2-10,13H,11-12H2,1H3,(H,22,26). The second-order valence-corrected chi connectivity index (χ2v) is 5.78. The maximum atomic E-state index is 14.0. The highest BCUT2D eigenvalue weighted by Gasteiger charge is 2.16. The van der Waals surface area contributed by atoms with E-state index in [4.69, 9.17) is 4.74 Å². The van der Waals surface area contributed by atoms with E-state index in [0.717, 1.165) is 0 Å². The van der Waals surface area contributed by atoms with Crippen LogP contribution in [0.5, 0.6) is 5.75 Å². The first-order valence-electron chi connectivity index (χ1n) is 8.38. The van der Waals surface area contributed by atoms with Crippen LogP contribution in [0.1, 0.15) is 16.2 Å². The van der Waals surface area contributed by atoms with Crippen molar-refractivity contribution < 1.29 is 13.9 Å². The molecule has 0 spiro atoms. The number of nitrogens with zero attached hydrogens (tertiary/aromatic N) is 2. The molecular weight excluding hydrogens is 349 g/mol. The predicted octanol–water partition coefficient (Wildman–Crippen LogP) is 2.49. The van der Waals surface area contributed by atoms with Crippen molar-refractivity contribution in [2.45, 2.75) is 6.92 Å². The molecule has 0 saturated heterocycles. The summed E-state index contributed by atoms with van der Waals surface area (Å²) >= 11 is 0. The summed E-state index contributed by atoms with van der Waals surface area (Å²) in [5.74, 6) is -0.455. The highest BCUT2D eigenvalue weighted by Crippen LogP contribution is 2.13. The van der Waals surface area contributed by atoms with E-state index in [-0.39, 0.29) is 24.5 Å². The Bertz CT molecular complexity index is 1000. The van der Waals surface area contributed by atoms with E-state index in [2.05, 4.69) is 10.4 Å². The van der Waals surface area contributed by atoms with E-state index in [1.807, 2.05) is 18.2 Å². The molecule has 0 fully saturated rings. The number of carbonyl (C=O) groups excluding carboxylic acids is 1. The lowest BCUT2D eigenvalue weighted by Crippen LogP contribution is -2.34. The predicted molar refractivity (Wildman–Crippen MR) is 98.8 cm³/mol. The number of aryl methyl sites for hydroxylation is 1. The minimum Gasteiger partial charge on any atom is -0.492 e. The lowest BCUT2D eigenvalue weighted by molar-refractivity contribution is 0.0939. The molecular formula is C20H18FN3O3. The molecule has 3 aromatic rings. The molecule has 0 atom stereocenters. The Labute approximate surface area is 155 Å². The fourth-order valence-corrected chi connectivity index (χ4v) is 2.51. The molecule has 0 unspecified atom stereocenters. The third kappa shape index (κ3) is 4.38. The van der Waals surface area contributed by atoms with Crippen molar-refractivity contribution in [3.63, 3.8) is 0 Å². The molecule has 0 aliphatic carbocycles. The van der Waals surface area contributed by atoms with Crippen molar-refractivity contribution in [2.24, 2.45) is 0 Å². The zero-order valence-electron chi connectivity index (χ0n) is 14.7. The van der Waals surface area contributed by atoms with E-state index in [0.29, 0.717) is 11.4 Å². The summed E-state index contributed by atoms with van der Waals surface area (Å²) in [5, 5.41) is 6.64. The molecule has 27 heavy (non-hydrogen) atoms. The summed E-state index contributed by atoms with van der Waals surface area (Å²) < 4.78 is 20.8. The van der Waals surface area contributed by atoms with Gasteiger partial charge in [-0.25, -0.2) is 9.07 Å². The van der Waals surface area contributed by atoms with Crippen LogP contribution in [0, 0.1) is 12.7 Å². The van der Waals surface area contributed by atoms with E-state index >= 15 is 0 Å². The van der Waals surface area contributed by atoms with Gasteiger partial charge < -0.3 is 10.1 Å². The normalized spacial score (nSPS) is 10.4. The topological polar surface area (TPSA) is 73.2 Å². The molecule has 2 aromatic carbocycles. The van der Waals surface area contributed by atoms with Gasteiger partial charge in [-0.3, -0.25) is 9.59 Å². The molecule has 138 valence electrons. The fraction of sp³-hybridized carbons (Fsp3) is 0.150. The number of ether oxygens (including phenoxy) is 1. The molecule has 0 radical (unpaired) electrons. The number of carbonyl (C=O) groups is 1. The Kier molecular flexibility index (Phi) is 5.61. The van der Waals surface area contributed by atoms with Crippen molar-refractivity contribution in [3.8, 4) is 11.4 Å². The summed E-state index contributed by atoms with van der Waals surface area (Å²) in [6.07, 6.45) is 0. The Balaban J connectivity index is 1.72. The number of aromatic nitrogens is 2. The van der Waals surface area contributed by atoms with Gasteiger partial charge in [-0.05, 0) is 31.2 Å². The molecule has 0 bridgehead atoms. The van der Waals surface area contributed by atoms with E-state index in [1.165, 1.54) is 22.9 Å². The van der Waals surface area contributed by atoms with Crippen LogP contribution in [0.15, 0.2) is 65.5 Å². The molecule has 3 rings (SSSR count). The van der Waals surface area contributed by atoms with Gasteiger partial charge in [-0.1, -0.05) is 30.3 Å². The van der Waals surface area contributed by atoms with Crippen LogP contribution in [0.2, 0.25) is 0 Å². The smallest absolute Gasteiger partial charge is 0.275 e. The Hall–Kier alpha value is -3.48. The lowest BCUT2D eigenvalue weighted by Gasteiger charge is -2.12. The van der Waals surface area contributed by atoms with E-state index in [9.17, 15) is 14.0 Å². The molecule has 1 amide bonds. The summed E-state index contributed by atoms with van der Waals surface area (Å²) in [7, 11) is 0. The van der Waals surface area contributed by atoms with E-state index in [1.54, 1.807) is 31.2 Å². The molecule has 0 saturated carbocycles. The molecule has 0 aliphatic heterocycles. The van der Waals surface area contributed by atoms with Gasteiger partial charge in [0.2, 0.25) is 5.43 Å². The first-order valence-corrected chi connectivity index (χ1v) is 8.38. The first kappa shape index (κ1) is 18.3. The minimum atomic E-state index is -0.637. The Morgan fingerprint density at radius 1 is 1.15 bits per heavy atom. The number of nitrogens with one attached hydrogen (secondary N) is 1. The summed E-state index contributed by atoms with van der Waals surface area (Å²) in [4.78, 5) is 24.5. The van der Waals surface area contributed by atoms with Crippen LogP contribution < -0.4 is 15.5 Å². The zero-order valence-corrected chi connectivity index (χ0v) is 14.7. The second kappa shape index (κ2) is 8.27. The molecule has 0 aliphatic rings. The average molecular weight is 367 g/mol. The van der Waals surface area contributed by atoms with Gasteiger partial charge in [0.05, 0.1) is 6.54 Å². The number of halogens is 1. The molecule has 1 aromatic heterocycles. The van der Waals surface area contributed by atoms with Crippen molar-refractivity contribution in [1.29, 1.82) is 0 Å². The van der Waals surface area contributed by atoms with Gasteiger partial charge in [0.1, 0.15) is 23.9 Å². The fourth-order valence-electron chi connectivity index (χ4n) is 2.51. The third-order valence-corrected chi connectivity index (χ3v) is 3.80. The number of amides is 1. The molecule has 7 heteroatoms. The van der Waals surface area contributed by atoms with Crippen LogP contribution in [-0.4, -0.2) is 28.8 Å². The quantitative estimate of drug-likeness (QED) is 0.680. The maximum Gasteiger partial charge on any atom is 0.275 e. The largest absolute Gasteiger partial charge is 0.492 e. The number of hydrogen-bond acceptors (Lipinski definition) is 4. The summed E-state index contributed by atoms with van der Waals surface area (Å²) in [5.41, 5.74) is -0.240. The van der Waals surface area contributed by atoms with Gasteiger partial charge in [0.25, 0.3) is 5.91 Å². The molecule has 1 heterocycles. The van der Waals surface area contributed by atoms with Gasteiger partial charge in [0.15, 0.2) is 5.69 Å². The van der Waals surface area contributed by atoms with Crippen molar-refractivity contribution in [2.75, 3.05) is 13.2 Å². The third-order valence-electron chi connectivity index (χ3n) is 3.80. The van der Waals surface area contributed by atoms with Crippen molar-refractivity contribution >= 4 is 5.91 Å². The molecule has 1 N–H and O–H groups in total. The number of para-hydroxylation sites is 2. The van der Waals surface area contributed by atoms with Crippen LogP contribution in [0.4, 0.5) is 4.39 Å². The van der Waals surface area contributed by atoms with Crippen LogP contribution in [-0.2, 0) is 0 Å². The number of rotatable bonds is 6. The number of benzene rings is 2. The van der Waals surface area contributed by atoms with E-state index < -0.39 is 17.2 Å². The van der Waals surface area contributed by atoms with Gasteiger partial charge in [-0.15, -0.1) is 0 Å². The van der Waals surface area contributed by atoms with Gasteiger partial charge in [0, 0.05) is 11.8 Å². The average Bonchev–Trinajstić information content (AvgIpc) is 2.67. The highest BCUT2D eigenvalue weighted by molar-refractivity contribution is 5.92. The monoisotopic (exact) mass is 367 g/mol. The van der Waals surface area contributed by atoms with Crippen LogP contribution in [0.25, 0.3) is 5.69 Å². The minimum absolute atomic E-state index is 0.163. The Morgan fingerprint density at radius 2 is 1.85 bits per heavy atom. The summed E-state index contributed by atoms with van der Waals surface area (Å²) in [6.45, 7) is 2.06. The second-order valence-electron chi connectivity index (χ2n) is 5.78. The van der Waals surface area contributed by atoms with Gasteiger partial charge >= 0.3 is 0 Å². The van der Waals surface area contributed by atoms with Crippen LogP contribution in [0.3, 0.4) is 0 Å². The highest BCUT2D eigenvalue weighted by atomic mass is 19.1. The Morgan fingerprint density at radius 3 is 2.59 bits per heavy atom. The first-order chi connectivity index (χ1) is 13.1. The number of hydrogen-bond donors (Lipinski definition) is 1. The summed E-state index contributed by atoms with van der Waals surface area (Å²) in [6, 6.07) is 16.4. The zero-order chi connectivity index (χ0) is 19.2. The molecule has 6 nitrogen and oxygen atoms in total.